The predicted octanol–water partition coefficient (Wildman–Crippen LogP) is 2.16. The van der Waals surface area contributed by atoms with E-state index < -0.39 is 0 Å². The zero-order valence-corrected chi connectivity index (χ0v) is 14.1. The van der Waals surface area contributed by atoms with Crippen LogP contribution in [0.15, 0.2) is 48.7 Å². The third-order valence-corrected chi connectivity index (χ3v) is 3.80. The maximum absolute atomic E-state index is 12.5. The van der Waals surface area contributed by atoms with Gasteiger partial charge in [-0.25, -0.2) is 4.68 Å². The van der Waals surface area contributed by atoms with Gasteiger partial charge in [-0.2, -0.15) is 5.10 Å². The summed E-state index contributed by atoms with van der Waals surface area (Å²) in [4.78, 5) is 12.5. The molecule has 0 fully saturated rings. The average molecular weight is 337 g/mol. The number of benzene rings is 1. The Morgan fingerprint density at radius 1 is 1.16 bits per heavy atom. The zero-order chi connectivity index (χ0) is 17.6. The predicted molar refractivity (Wildman–Crippen MR) is 92.7 cm³/mol. The average Bonchev–Trinajstić information content (AvgIpc) is 3.11. The Morgan fingerprint density at radius 2 is 1.96 bits per heavy atom. The minimum Gasteiger partial charge on any atom is -0.480 e. The summed E-state index contributed by atoms with van der Waals surface area (Å²) in [5, 5.41) is 15.3. The van der Waals surface area contributed by atoms with E-state index in [0.717, 1.165) is 11.3 Å². The first-order chi connectivity index (χ1) is 12.2. The van der Waals surface area contributed by atoms with Gasteiger partial charge in [-0.3, -0.25) is 4.79 Å². The van der Waals surface area contributed by atoms with Crippen molar-refractivity contribution in [3.8, 4) is 11.7 Å². The Labute approximate surface area is 145 Å². The maximum atomic E-state index is 12.5. The van der Waals surface area contributed by atoms with Gasteiger partial charge in [0, 0.05) is 12.6 Å². The zero-order valence-electron chi connectivity index (χ0n) is 14.1. The van der Waals surface area contributed by atoms with Crippen LogP contribution < -0.4 is 10.1 Å². The fourth-order valence-electron chi connectivity index (χ4n) is 2.51. The van der Waals surface area contributed by atoms with Gasteiger partial charge in [-0.15, -0.1) is 10.2 Å². The number of ether oxygens (including phenoxy) is 1. The van der Waals surface area contributed by atoms with Crippen LogP contribution in [-0.4, -0.2) is 33.0 Å². The molecule has 0 spiro atoms. The molecule has 1 amide bonds. The lowest BCUT2D eigenvalue weighted by Crippen LogP contribution is -2.23. The first kappa shape index (κ1) is 16.6. The molecule has 0 aliphatic rings. The Balaban J connectivity index is 1.80. The van der Waals surface area contributed by atoms with E-state index in [4.69, 9.17) is 4.74 Å². The highest BCUT2D eigenvalue weighted by Crippen LogP contribution is 2.15. The van der Waals surface area contributed by atoms with Crippen molar-refractivity contribution in [2.45, 2.75) is 19.9 Å². The molecule has 0 atom stereocenters. The van der Waals surface area contributed by atoms with Gasteiger partial charge in [0.1, 0.15) is 0 Å². The summed E-state index contributed by atoms with van der Waals surface area (Å²) in [6.45, 7) is 2.44. The van der Waals surface area contributed by atoms with Crippen LogP contribution >= 0.6 is 0 Å². The highest BCUT2D eigenvalue weighted by atomic mass is 16.5. The Bertz CT molecular complexity index is 844. The van der Waals surface area contributed by atoms with Gasteiger partial charge in [0.2, 0.25) is 5.88 Å². The minimum absolute atomic E-state index is 0.159. The summed E-state index contributed by atoms with van der Waals surface area (Å²) in [5.74, 6) is 0.808. The first-order valence-electron chi connectivity index (χ1n) is 8.00. The van der Waals surface area contributed by atoms with E-state index in [0.29, 0.717) is 30.2 Å². The molecule has 128 valence electrons. The molecule has 7 nitrogen and oxygen atoms in total. The van der Waals surface area contributed by atoms with Crippen molar-refractivity contribution in [3.63, 3.8) is 0 Å². The fourth-order valence-corrected chi connectivity index (χ4v) is 2.51. The van der Waals surface area contributed by atoms with E-state index in [9.17, 15) is 4.79 Å². The number of rotatable bonds is 6. The number of carbonyl (C=O) groups is 1. The van der Waals surface area contributed by atoms with Crippen molar-refractivity contribution < 1.29 is 9.53 Å². The molecule has 1 aromatic carbocycles. The third kappa shape index (κ3) is 3.65. The largest absolute Gasteiger partial charge is 0.480 e. The van der Waals surface area contributed by atoms with Crippen molar-refractivity contribution in [2.24, 2.45) is 0 Å². The molecule has 0 bridgehead atoms. The van der Waals surface area contributed by atoms with Crippen LogP contribution in [0.5, 0.6) is 5.88 Å². The lowest BCUT2D eigenvalue weighted by atomic mass is 10.2. The number of nitrogens with zero attached hydrogens (tertiary/aromatic N) is 4. The molecule has 0 saturated heterocycles. The van der Waals surface area contributed by atoms with Gasteiger partial charge in [0.05, 0.1) is 24.6 Å². The molecule has 7 heteroatoms. The van der Waals surface area contributed by atoms with Gasteiger partial charge in [-0.1, -0.05) is 37.3 Å². The van der Waals surface area contributed by atoms with Gasteiger partial charge >= 0.3 is 0 Å². The van der Waals surface area contributed by atoms with Crippen molar-refractivity contribution in [2.75, 3.05) is 7.11 Å². The lowest BCUT2D eigenvalue weighted by Gasteiger charge is -2.08. The summed E-state index contributed by atoms with van der Waals surface area (Å²) in [6.07, 6.45) is 2.20. The molecule has 0 aliphatic heterocycles. The summed E-state index contributed by atoms with van der Waals surface area (Å²) in [6, 6.07) is 13.2. The van der Waals surface area contributed by atoms with Crippen LogP contribution in [0.4, 0.5) is 0 Å². The number of methoxy groups -OCH3 is 1. The van der Waals surface area contributed by atoms with Crippen molar-refractivity contribution in [1.82, 2.24) is 25.3 Å². The third-order valence-electron chi connectivity index (χ3n) is 3.80. The molecule has 2 aromatic heterocycles. The smallest absolute Gasteiger partial charge is 0.255 e. The highest BCUT2D eigenvalue weighted by Gasteiger charge is 2.17. The van der Waals surface area contributed by atoms with E-state index in [1.807, 2.05) is 37.3 Å². The van der Waals surface area contributed by atoms with E-state index in [2.05, 4.69) is 20.6 Å². The molecular weight excluding hydrogens is 318 g/mol. The molecule has 0 saturated carbocycles. The first-order valence-corrected chi connectivity index (χ1v) is 8.00. The Hall–Kier alpha value is -3.22. The standard InChI is InChI=1S/C18H19N5O2/c1-3-15-14(18(24)19-11-13-7-5-4-6-8-13)12-20-23(15)16-9-10-17(25-2)22-21-16/h4-10,12H,3,11H2,1-2H3,(H,19,24). The molecule has 3 aromatic rings. The Kier molecular flexibility index (Phi) is 5.03. The molecule has 0 unspecified atom stereocenters. The number of hydrogen-bond acceptors (Lipinski definition) is 5. The Morgan fingerprint density at radius 3 is 2.60 bits per heavy atom. The molecule has 0 radical (unpaired) electrons. The van der Waals surface area contributed by atoms with Crippen LogP contribution in [0.2, 0.25) is 0 Å². The monoisotopic (exact) mass is 337 g/mol. The van der Waals surface area contributed by atoms with Crippen LogP contribution in [0.3, 0.4) is 0 Å². The van der Waals surface area contributed by atoms with Gasteiger partial charge < -0.3 is 10.1 Å². The van der Waals surface area contributed by atoms with Crippen LogP contribution in [-0.2, 0) is 13.0 Å². The number of hydrogen-bond donors (Lipinski definition) is 1. The van der Waals surface area contributed by atoms with E-state index >= 15 is 0 Å². The van der Waals surface area contributed by atoms with Crippen LogP contribution in [0.25, 0.3) is 5.82 Å². The van der Waals surface area contributed by atoms with E-state index in [1.54, 1.807) is 23.0 Å². The molecule has 0 aliphatic carbocycles. The lowest BCUT2D eigenvalue weighted by molar-refractivity contribution is 0.0950. The topological polar surface area (TPSA) is 81.9 Å². The second kappa shape index (κ2) is 7.57. The number of amides is 1. The normalized spacial score (nSPS) is 10.5. The highest BCUT2D eigenvalue weighted by molar-refractivity contribution is 5.95. The summed E-state index contributed by atoms with van der Waals surface area (Å²) in [5.41, 5.74) is 2.36. The summed E-state index contributed by atoms with van der Waals surface area (Å²) >= 11 is 0. The quantitative estimate of drug-likeness (QED) is 0.745. The number of nitrogens with one attached hydrogen (secondary N) is 1. The summed E-state index contributed by atoms with van der Waals surface area (Å²) < 4.78 is 6.64. The van der Waals surface area contributed by atoms with Crippen molar-refractivity contribution >= 4 is 5.91 Å². The number of aromatic nitrogens is 4. The van der Waals surface area contributed by atoms with Gasteiger partial charge in [-0.05, 0) is 18.1 Å². The second-order valence-electron chi connectivity index (χ2n) is 5.37. The van der Waals surface area contributed by atoms with Crippen LogP contribution in [0, 0.1) is 0 Å². The van der Waals surface area contributed by atoms with Crippen molar-refractivity contribution in [3.05, 3.63) is 65.5 Å². The molecular formula is C18H19N5O2. The van der Waals surface area contributed by atoms with Gasteiger partial charge in [0.25, 0.3) is 5.91 Å². The molecule has 3 rings (SSSR count). The minimum atomic E-state index is -0.159. The fraction of sp³-hybridized carbons (Fsp3) is 0.222. The van der Waals surface area contributed by atoms with Crippen molar-refractivity contribution in [1.29, 1.82) is 0 Å². The molecule has 25 heavy (non-hydrogen) atoms. The SMILES string of the molecule is CCc1c(C(=O)NCc2ccccc2)cnn1-c1ccc(OC)nn1. The number of carbonyl (C=O) groups excluding carboxylic acids is 1. The molecule has 2 heterocycles. The summed E-state index contributed by atoms with van der Waals surface area (Å²) in [7, 11) is 1.53. The second-order valence-corrected chi connectivity index (χ2v) is 5.37. The van der Waals surface area contributed by atoms with E-state index in [-0.39, 0.29) is 5.91 Å². The molecule has 1 N–H and O–H groups in total. The van der Waals surface area contributed by atoms with Gasteiger partial charge in [0.15, 0.2) is 5.82 Å². The van der Waals surface area contributed by atoms with Crippen LogP contribution in [0.1, 0.15) is 28.5 Å². The van der Waals surface area contributed by atoms with E-state index in [1.165, 1.54) is 7.11 Å². The maximum Gasteiger partial charge on any atom is 0.255 e.